The number of alkyl halides is 7. The summed E-state index contributed by atoms with van der Waals surface area (Å²) in [6, 6.07) is 12.7. The van der Waals surface area contributed by atoms with Gasteiger partial charge < -0.3 is 38.7 Å². The van der Waals surface area contributed by atoms with Crippen molar-refractivity contribution >= 4 is 112 Å². The summed E-state index contributed by atoms with van der Waals surface area (Å²) in [7, 11) is 5.75. The van der Waals surface area contributed by atoms with Crippen molar-refractivity contribution < 1.29 is 35.4 Å². The molecule has 0 bridgehead atoms. The van der Waals surface area contributed by atoms with Crippen molar-refractivity contribution in [2.24, 2.45) is 21.1 Å². The van der Waals surface area contributed by atoms with E-state index in [-0.39, 0.29) is 11.6 Å². The Hall–Kier alpha value is -9.47. The van der Waals surface area contributed by atoms with Crippen LogP contribution in [0.15, 0.2) is 145 Å². The first-order valence-corrected chi connectivity index (χ1v) is 27.6. The minimum absolute atomic E-state index is 0.0375. The predicted octanol–water partition coefficient (Wildman–Crippen LogP) is 12.1. The van der Waals surface area contributed by atoms with Crippen molar-refractivity contribution in [3.8, 4) is 21.4 Å². The van der Waals surface area contributed by atoms with Gasteiger partial charge in [-0.25, -0.2) is 44.9 Å². The molecule has 34 heteroatoms. The average molecular weight is 1290 g/mol. The summed E-state index contributed by atoms with van der Waals surface area (Å²) >= 11 is 11.6. The average Bonchev–Trinajstić information content (AvgIpc) is 4.26. The molecule has 0 saturated carbocycles. The molecule has 0 aliphatic heterocycles. The first kappa shape index (κ1) is 61.6. The summed E-state index contributed by atoms with van der Waals surface area (Å²) in [6.45, 7) is 4.34. The highest BCUT2D eigenvalue weighted by molar-refractivity contribution is 9.08. The smallest absolute Gasteiger partial charge is 0.382 e. The van der Waals surface area contributed by atoms with E-state index < -0.39 is 24.1 Å². The zero-order valence-electron chi connectivity index (χ0n) is 44.8. The maximum atomic E-state index is 12.8. The van der Waals surface area contributed by atoms with Crippen molar-refractivity contribution in [3.05, 3.63) is 162 Å². The molecule has 0 fully saturated rings. The van der Waals surface area contributed by atoms with E-state index in [9.17, 15) is 26.3 Å². The quantitative estimate of drug-likeness (QED) is 0.0771. The molecule has 0 spiro atoms. The highest BCUT2D eigenvalue weighted by Gasteiger charge is 2.39. The molecule has 0 aliphatic rings. The van der Waals surface area contributed by atoms with Gasteiger partial charge in [0.2, 0.25) is 11.6 Å². The molecule has 24 nitrogen and oxygen atoms in total. The number of hydrogen-bond acceptors (Lipinski definition) is 23. The van der Waals surface area contributed by atoms with E-state index in [1.807, 2.05) is 90.4 Å². The number of nitrogen functional groups attached to an aromatic ring is 1. The van der Waals surface area contributed by atoms with Crippen LogP contribution in [0.5, 0.6) is 0 Å². The number of aryl methyl sites for hydroxylation is 3. The van der Waals surface area contributed by atoms with Gasteiger partial charge in [-0.1, -0.05) is 51.7 Å². The second kappa shape index (κ2) is 28.2. The molecule has 438 valence electrons. The second-order valence-electron chi connectivity index (χ2n) is 16.6. The SMILES string of the molecule is CC.Cn1ccc2c(Cl)ncnc21.Cn1ccc2c(N(Cc3ccc(-c4noc(C(F)(F)F)n4)s3)c3cnccn3)ncnc21.Cn1ccc2c(Nc3cnccn3)ncnc21.FC(F)(F)c1nc(-c2ccc(CBr)s2)no1.Nc1cnccn1. The molecule has 0 radical (unpaired) electrons. The summed E-state index contributed by atoms with van der Waals surface area (Å²) in [5.41, 5.74) is 7.68. The highest BCUT2D eigenvalue weighted by Crippen LogP contribution is 2.36. The third-order valence-electron chi connectivity index (χ3n) is 10.9. The van der Waals surface area contributed by atoms with E-state index in [2.05, 4.69) is 110 Å². The Bertz CT molecular complexity index is 4200. The molecule has 85 heavy (non-hydrogen) atoms. The van der Waals surface area contributed by atoms with Crippen LogP contribution in [0.2, 0.25) is 5.15 Å². The summed E-state index contributed by atoms with van der Waals surface area (Å²) < 4.78 is 89.1. The summed E-state index contributed by atoms with van der Waals surface area (Å²) in [6.07, 6.45) is 15.2. The van der Waals surface area contributed by atoms with E-state index in [1.165, 1.54) is 47.9 Å². The van der Waals surface area contributed by atoms with Crippen LogP contribution in [0.1, 0.15) is 35.4 Å². The molecular formula is C51H44BrClF6N22O2S2. The minimum Gasteiger partial charge on any atom is -0.382 e. The molecule has 0 saturated heterocycles. The molecule has 0 atom stereocenters. The van der Waals surface area contributed by atoms with E-state index >= 15 is 0 Å². The number of fused-ring (bicyclic) bond motifs is 3. The fourth-order valence-electron chi connectivity index (χ4n) is 7.18. The van der Waals surface area contributed by atoms with Gasteiger partial charge in [0.15, 0.2) is 5.82 Å². The molecule has 0 aliphatic carbocycles. The van der Waals surface area contributed by atoms with Crippen LogP contribution in [0.25, 0.3) is 54.5 Å². The lowest BCUT2D eigenvalue weighted by molar-refractivity contribution is -0.160. The van der Waals surface area contributed by atoms with Crippen LogP contribution in [-0.4, -0.2) is 93.8 Å². The molecule has 13 heterocycles. The van der Waals surface area contributed by atoms with Crippen LogP contribution in [0, 0.1) is 0 Å². The van der Waals surface area contributed by atoms with Crippen LogP contribution in [0.3, 0.4) is 0 Å². The Labute approximate surface area is 498 Å². The largest absolute Gasteiger partial charge is 0.471 e. The van der Waals surface area contributed by atoms with E-state index in [0.717, 1.165) is 48.7 Å². The summed E-state index contributed by atoms with van der Waals surface area (Å²) in [5.74, 6) is 0.189. The maximum Gasteiger partial charge on any atom is 0.471 e. The lowest BCUT2D eigenvalue weighted by Crippen LogP contribution is -2.19. The van der Waals surface area contributed by atoms with Crippen LogP contribution in [0.4, 0.5) is 55.4 Å². The van der Waals surface area contributed by atoms with Gasteiger partial charge in [0.25, 0.3) is 0 Å². The van der Waals surface area contributed by atoms with Crippen LogP contribution >= 0.6 is 50.2 Å². The first-order chi connectivity index (χ1) is 40.9. The standard InChI is InChI=1S/C19H13F3N8OS.C11H10N6.C8H4BrF3N2OS.C7H6ClN3.C4H5N3.C2H6/c1-29-7-4-12-16(29)25-10-26-17(12)30(14-8-23-5-6-24-14)9-11-2-3-13(32-11)15-27-18(31-28-15)19(20,21)22;1-17-5-2-8-10(14-7-15-11(8)17)16-9-6-12-3-4-13-9;9-3-4-1-2-5(16-4)6-13-7(15-14-6)8(10,11)12;1-11-3-2-5-6(8)9-4-10-7(5)11;5-4-3-6-1-2-7-4;1-2/h2-8,10H,9H2,1H3;2-7H,1H3,(H,13,14,15,16);1-2H,3H2;2-4H,1H3;1-3H,(H2,5,7);1-2H3. The zero-order valence-corrected chi connectivity index (χ0v) is 48.8. The molecule has 0 aromatic carbocycles. The number of nitrogens with zero attached hydrogens (tertiary/aromatic N) is 20. The number of rotatable bonds is 9. The normalized spacial score (nSPS) is 11.0. The van der Waals surface area contributed by atoms with Gasteiger partial charge in [-0.2, -0.15) is 36.3 Å². The third-order valence-corrected chi connectivity index (χ3v) is 14.4. The van der Waals surface area contributed by atoms with Gasteiger partial charge in [0, 0.05) is 92.0 Å². The Morgan fingerprint density at radius 3 is 1.59 bits per heavy atom. The van der Waals surface area contributed by atoms with Gasteiger partial charge in [0.05, 0.1) is 51.0 Å². The lowest BCUT2D eigenvalue weighted by atomic mass is 10.3. The molecule has 0 unspecified atom stereocenters. The Kier molecular flexibility index (Phi) is 20.4. The molecule has 0 amide bonds. The zero-order chi connectivity index (χ0) is 60.7. The topological polar surface area (TPSA) is 289 Å². The third kappa shape index (κ3) is 15.8. The number of nitrogens with one attached hydrogen (secondary N) is 1. The number of hydrogen-bond donors (Lipinski definition) is 2. The Morgan fingerprint density at radius 2 is 1.09 bits per heavy atom. The van der Waals surface area contributed by atoms with E-state index in [0.29, 0.717) is 50.1 Å². The Balaban J connectivity index is 0.000000150. The minimum atomic E-state index is -4.69. The lowest BCUT2D eigenvalue weighted by Gasteiger charge is -2.22. The van der Waals surface area contributed by atoms with Crippen molar-refractivity contribution in [2.75, 3.05) is 16.0 Å². The van der Waals surface area contributed by atoms with Gasteiger partial charge in [0.1, 0.15) is 64.3 Å². The van der Waals surface area contributed by atoms with Gasteiger partial charge in [-0.3, -0.25) is 15.0 Å². The van der Waals surface area contributed by atoms with Gasteiger partial charge >= 0.3 is 24.1 Å². The second-order valence-corrected chi connectivity index (χ2v) is 19.8. The number of nitrogens with two attached hydrogens (primary N) is 1. The molecule has 3 N–H and O–H groups in total. The van der Waals surface area contributed by atoms with E-state index in [4.69, 9.17) is 17.3 Å². The fourth-order valence-corrected chi connectivity index (χ4v) is 9.61. The van der Waals surface area contributed by atoms with Crippen molar-refractivity contribution in [1.29, 1.82) is 0 Å². The van der Waals surface area contributed by atoms with Crippen LogP contribution in [-0.2, 0) is 45.4 Å². The van der Waals surface area contributed by atoms with Gasteiger partial charge in [-0.05, 0) is 42.5 Å². The van der Waals surface area contributed by atoms with E-state index in [1.54, 1.807) is 73.8 Å². The van der Waals surface area contributed by atoms with Crippen molar-refractivity contribution in [1.82, 2.24) is 93.8 Å². The summed E-state index contributed by atoms with van der Waals surface area (Å²) in [4.78, 5) is 60.6. The summed E-state index contributed by atoms with van der Waals surface area (Å²) in [5, 5.41) is 13.7. The molecule has 13 aromatic rings. The van der Waals surface area contributed by atoms with Crippen molar-refractivity contribution in [3.63, 3.8) is 0 Å². The first-order valence-electron chi connectivity index (χ1n) is 24.5. The number of anilines is 5. The predicted molar refractivity (Wildman–Crippen MR) is 309 cm³/mol. The molecular weight excluding hydrogens is 1250 g/mol. The van der Waals surface area contributed by atoms with Gasteiger partial charge in [-0.15, -0.1) is 22.7 Å². The van der Waals surface area contributed by atoms with Crippen molar-refractivity contribution in [2.45, 2.75) is 38.1 Å². The fraction of sp³-hybridized carbons (Fsp3) is 0.176. The number of halogens is 8. The molecule has 13 aromatic heterocycles. The number of aromatic nitrogens is 19. The maximum absolute atomic E-state index is 12.8. The van der Waals surface area contributed by atoms with Crippen LogP contribution < -0.4 is 16.0 Å². The highest BCUT2D eigenvalue weighted by atomic mass is 79.9. The molecule has 13 rings (SSSR count). The monoisotopic (exact) mass is 1290 g/mol. The number of thiophene rings is 2. The Morgan fingerprint density at radius 1 is 0.588 bits per heavy atom.